The number of allylic oxidation sites excluding steroid dienone is 1. The molecule has 3 heteroatoms. The second-order valence-electron chi connectivity index (χ2n) is 3.57. The van der Waals surface area contributed by atoms with Crippen molar-refractivity contribution in [2.45, 2.75) is 6.92 Å². The molecule has 0 unspecified atom stereocenters. The molecule has 0 amide bonds. The van der Waals surface area contributed by atoms with E-state index in [4.69, 9.17) is 0 Å². The lowest BCUT2D eigenvalue weighted by molar-refractivity contribution is 1.29. The molecule has 0 saturated carbocycles. The minimum Gasteiger partial charge on any atom is -0.288 e. The van der Waals surface area contributed by atoms with Gasteiger partial charge in [-0.15, -0.1) is 11.3 Å². The van der Waals surface area contributed by atoms with Gasteiger partial charge in [-0.05, 0) is 30.2 Å². The summed E-state index contributed by atoms with van der Waals surface area (Å²) in [5, 5.41) is 1.12. The third-order valence-corrected chi connectivity index (χ3v) is 3.41. The third kappa shape index (κ3) is 1.49. The number of benzene rings is 1. The number of aliphatic imine (C=N–C) groups is 1. The van der Waals surface area contributed by atoms with Gasteiger partial charge in [0.25, 0.3) is 0 Å². The zero-order chi connectivity index (χ0) is 10.3. The van der Waals surface area contributed by atoms with Crippen LogP contribution >= 0.6 is 11.3 Å². The van der Waals surface area contributed by atoms with Gasteiger partial charge in [-0.3, -0.25) is 4.99 Å². The van der Waals surface area contributed by atoms with E-state index in [2.05, 4.69) is 34.3 Å². The summed E-state index contributed by atoms with van der Waals surface area (Å²) in [6.45, 7) is 2.86. The number of hydrogen-bond donors (Lipinski definition) is 0. The predicted octanol–water partition coefficient (Wildman–Crippen LogP) is 3.07. The minimum atomic E-state index is 0.815. The highest BCUT2D eigenvalue weighted by Crippen LogP contribution is 2.25. The van der Waals surface area contributed by atoms with Gasteiger partial charge in [0.15, 0.2) is 0 Å². The number of hydrogen-bond acceptors (Lipinski definition) is 3. The molecule has 0 N–H and O–H groups in total. The van der Waals surface area contributed by atoms with Crippen LogP contribution in [0.25, 0.3) is 15.8 Å². The molecule has 74 valence electrons. The van der Waals surface area contributed by atoms with Crippen molar-refractivity contribution in [3.05, 3.63) is 34.8 Å². The molecule has 0 radical (unpaired) electrons. The van der Waals surface area contributed by atoms with Crippen LogP contribution in [0.4, 0.5) is 0 Å². The number of nitrogens with zero attached hydrogens (tertiary/aromatic N) is 2. The molecular weight excluding hydrogens is 204 g/mol. The summed E-state index contributed by atoms with van der Waals surface area (Å²) in [6, 6.07) is 6.40. The Balaban J connectivity index is 2.17. The summed E-state index contributed by atoms with van der Waals surface area (Å²) in [7, 11) is 0. The van der Waals surface area contributed by atoms with Crippen molar-refractivity contribution in [2.24, 2.45) is 4.99 Å². The molecule has 0 spiro atoms. The minimum absolute atomic E-state index is 0.815. The van der Waals surface area contributed by atoms with E-state index in [-0.39, 0.29) is 0 Å². The highest BCUT2D eigenvalue weighted by molar-refractivity contribution is 7.18. The first kappa shape index (κ1) is 8.80. The molecule has 2 heterocycles. The van der Waals surface area contributed by atoms with Crippen LogP contribution in [0.3, 0.4) is 0 Å². The van der Waals surface area contributed by atoms with Crippen molar-refractivity contribution in [1.82, 2.24) is 4.98 Å². The van der Waals surface area contributed by atoms with Crippen LogP contribution in [-0.2, 0) is 0 Å². The Labute approximate surface area is 92.0 Å². The van der Waals surface area contributed by atoms with Gasteiger partial charge < -0.3 is 0 Å². The molecule has 3 rings (SSSR count). The number of aryl methyl sites for hydroxylation is 1. The molecule has 0 atom stereocenters. The van der Waals surface area contributed by atoms with Gasteiger partial charge in [0.1, 0.15) is 0 Å². The van der Waals surface area contributed by atoms with Crippen molar-refractivity contribution < 1.29 is 0 Å². The van der Waals surface area contributed by atoms with Gasteiger partial charge in [-0.2, -0.15) is 0 Å². The van der Waals surface area contributed by atoms with Gasteiger partial charge in [0.05, 0.1) is 21.8 Å². The maximum Gasteiger partial charge on any atom is 0.0907 e. The average Bonchev–Trinajstić information content (AvgIpc) is 2.82. The molecule has 1 aromatic heterocycles. The number of rotatable bonds is 1. The van der Waals surface area contributed by atoms with Crippen LogP contribution in [0.1, 0.15) is 10.6 Å². The van der Waals surface area contributed by atoms with E-state index in [9.17, 15) is 0 Å². The van der Waals surface area contributed by atoms with E-state index in [0.717, 1.165) is 17.1 Å². The van der Waals surface area contributed by atoms with E-state index >= 15 is 0 Å². The Morgan fingerprint density at radius 3 is 3.07 bits per heavy atom. The molecule has 1 aromatic carbocycles. The van der Waals surface area contributed by atoms with Gasteiger partial charge in [0, 0.05) is 6.21 Å². The molecule has 0 saturated heterocycles. The summed E-state index contributed by atoms with van der Waals surface area (Å²) in [5.41, 5.74) is 3.56. The zero-order valence-electron chi connectivity index (χ0n) is 8.40. The fourth-order valence-electron chi connectivity index (χ4n) is 1.77. The molecule has 1 aliphatic rings. The molecule has 0 fully saturated rings. The summed E-state index contributed by atoms with van der Waals surface area (Å²) in [5.74, 6) is 0. The summed E-state index contributed by atoms with van der Waals surface area (Å²) in [4.78, 5) is 8.64. The van der Waals surface area contributed by atoms with Gasteiger partial charge in [-0.1, -0.05) is 12.1 Å². The van der Waals surface area contributed by atoms with Crippen molar-refractivity contribution in [1.29, 1.82) is 0 Å². The van der Waals surface area contributed by atoms with Crippen molar-refractivity contribution in [3.63, 3.8) is 0 Å². The second-order valence-corrected chi connectivity index (χ2v) is 4.80. The molecule has 2 nitrogen and oxygen atoms in total. The molecular formula is C12H10N2S. The third-order valence-electron chi connectivity index (χ3n) is 2.48. The van der Waals surface area contributed by atoms with Crippen molar-refractivity contribution in [2.75, 3.05) is 6.54 Å². The fraction of sp³-hybridized carbons (Fsp3) is 0.167. The molecule has 1 aliphatic heterocycles. The monoisotopic (exact) mass is 214 g/mol. The molecule has 0 bridgehead atoms. The van der Waals surface area contributed by atoms with Crippen LogP contribution < -0.4 is 0 Å². The van der Waals surface area contributed by atoms with Crippen LogP contribution in [0.5, 0.6) is 0 Å². The van der Waals surface area contributed by atoms with Crippen LogP contribution in [-0.4, -0.2) is 17.7 Å². The quantitative estimate of drug-likeness (QED) is 0.716. The number of aromatic nitrogens is 1. The SMILES string of the molecule is Cc1nc2ccc(C3=CCN=C3)cc2s1. The van der Waals surface area contributed by atoms with Crippen LogP contribution in [0.2, 0.25) is 0 Å². The zero-order valence-corrected chi connectivity index (χ0v) is 9.21. The maximum absolute atomic E-state index is 4.45. The lowest BCUT2D eigenvalue weighted by Crippen LogP contribution is -1.81. The molecule has 15 heavy (non-hydrogen) atoms. The lowest BCUT2D eigenvalue weighted by Gasteiger charge is -1.97. The highest BCUT2D eigenvalue weighted by Gasteiger charge is 2.05. The molecule has 0 aliphatic carbocycles. The Bertz CT molecular complexity index is 578. The average molecular weight is 214 g/mol. The fourth-order valence-corrected chi connectivity index (χ4v) is 2.63. The summed E-state index contributed by atoms with van der Waals surface area (Å²) >= 11 is 1.74. The van der Waals surface area contributed by atoms with Crippen LogP contribution in [0.15, 0.2) is 29.3 Å². The Morgan fingerprint density at radius 1 is 1.33 bits per heavy atom. The van der Waals surface area contributed by atoms with E-state index in [1.807, 2.05) is 13.1 Å². The summed E-state index contributed by atoms with van der Waals surface area (Å²) in [6.07, 6.45) is 4.09. The van der Waals surface area contributed by atoms with E-state index in [0.29, 0.717) is 0 Å². The molecule has 2 aromatic rings. The van der Waals surface area contributed by atoms with E-state index in [1.54, 1.807) is 11.3 Å². The van der Waals surface area contributed by atoms with Gasteiger partial charge in [0.2, 0.25) is 0 Å². The van der Waals surface area contributed by atoms with E-state index in [1.165, 1.54) is 15.8 Å². The Hall–Kier alpha value is -1.48. The topological polar surface area (TPSA) is 25.2 Å². The largest absolute Gasteiger partial charge is 0.288 e. The Kier molecular flexibility index (Phi) is 1.92. The first-order valence-electron chi connectivity index (χ1n) is 4.90. The lowest BCUT2D eigenvalue weighted by atomic mass is 10.1. The van der Waals surface area contributed by atoms with Crippen LogP contribution in [0, 0.1) is 6.92 Å². The van der Waals surface area contributed by atoms with E-state index < -0.39 is 0 Å². The second kappa shape index (κ2) is 3.28. The number of thiazole rings is 1. The normalized spacial score (nSPS) is 14.9. The first-order chi connectivity index (χ1) is 7.33. The van der Waals surface area contributed by atoms with Gasteiger partial charge >= 0.3 is 0 Å². The van der Waals surface area contributed by atoms with Crippen molar-refractivity contribution >= 4 is 33.3 Å². The van der Waals surface area contributed by atoms with Crippen molar-refractivity contribution in [3.8, 4) is 0 Å². The standard InChI is InChI=1S/C12H10N2S/c1-8-14-11-3-2-9(6-12(11)15-8)10-4-5-13-7-10/h2-4,6-7H,5H2,1H3. The highest BCUT2D eigenvalue weighted by atomic mass is 32.1. The number of fused-ring (bicyclic) bond motifs is 1. The first-order valence-corrected chi connectivity index (χ1v) is 5.72. The van der Waals surface area contributed by atoms with Gasteiger partial charge in [-0.25, -0.2) is 4.98 Å². The maximum atomic E-state index is 4.45. The Morgan fingerprint density at radius 2 is 2.27 bits per heavy atom. The predicted molar refractivity (Wildman–Crippen MR) is 65.7 cm³/mol. The summed E-state index contributed by atoms with van der Waals surface area (Å²) < 4.78 is 1.26. The smallest absolute Gasteiger partial charge is 0.0907 e.